The largest absolute Gasteiger partial charge is 0.333 e. The molecule has 2 atom stereocenters. The van der Waals surface area contributed by atoms with Gasteiger partial charge < -0.3 is 10.6 Å². The Labute approximate surface area is 159 Å². The molecule has 1 amide bonds. The lowest BCUT2D eigenvalue weighted by molar-refractivity contribution is 0.0568. The Kier molecular flexibility index (Phi) is 6.60. The number of amides is 1. The molecule has 25 heavy (non-hydrogen) atoms. The third kappa shape index (κ3) is 4.22. The van der Waals surface area contributed by atoms with Crippen molar-refractivity contribution in [2.75, 3.05) is 13.1 Å². The van der Waals surface area contributed by atoms with Crippen LogP contribution in [0.5, 0.6) is 0 Å². The molecule has 1 fully saturated rings. The average molecular weight is 380 g/mol. The van der Waals surface area contributed by atoms with Crippen molar-refractivity contribution < 1.29 is 4.79 Å². The first-order valence-electron chi connectivity index (χ1n) is 8.53. The van der Waals surface area contributed by atoms with Gasteiger partial charge in [-0.1, -0.05) is 30.7 Å². The second-order valence-electron chi connectivity index (χ2n) is 6.87. The van der Waals surface area contributed by atoms with Gasteiger partial charge in [-0.2, -0.15) is 0 Å². The molecule has 1 aromatic heterocycles. The first kappa shape index (κ1) is 19.9. The lowest BCUT2D eigenvalue weighted by Gasteiger charge is -2.37. The zero-order valence-corrected chi connectivity index (χ0v) is 16.6. The average Bonchev–Trinajstić information content (AvgIpc) is 3.03. The van der Waals surface area contributed by atoms with Crippen LogP contribution < -0.4 is 5.73 Å². The van der Waals surface area contributed by atoms with E-state index in [2.05, 4.69) is 44.0 Å². The van der Waals surface area contributed by atoms with Crippen LogP contribution in [0.1, 0.15) is 41.4 Å². The predicted molar refractivity (Wildman–Crippen MR) is 107 cm³/mol. The quantitative estimate of drug-likeness (QED) is 0.875. The van der Waals surface area contributed by atoms with Crippen molar-refractivity contribution in [3.05, 3.63) is 40.4 Å². The van der Waals surface area contributed by atoms with Crippen molar-refractivity contribution in [1.82, 2.24) is 9.88 Å². The summed E-state index contributed by atoms with van der Waals surface area (Å²) in [4.78, 5) is 19.4. The van der Waals surface area contributed by atoms with E-state index >= 15 is 0 Å². The molecular weight excluding hydrogens is 354 g/mol. The second-order valence-corrected chi connectivity index (χ2v) is 7.73. The van der Waals surface area contributed by atoms with Gasteiger partial charge >= 0.3 is 0 Å². The number of benzene rings is 1. The number of rotatable bonds is 3. The van der Waals surface area contributed by atoms with E-state index in [4.69, 9.17) is 5.73 Å². The van der Waals surface area contributed by atoms with Crippen LogP contribution in [0.3, 0.4) is 0 Å². The Morgan fingerprint density at radius 1 is 1.40 bits per heavy atom. The molecule has 3 rings (SSSR count). The molecule has 1 aliphatic rings. The van der Waals surface area contributed by atoms with Crippen LogP contribution >= 0.6 is 23.7 Å². The summed E-state index contributed by atoms with van der Waals surface area (Å²) < 4.78 is 0. The van der Waals surface area contributed by atoms with Gasteiger partial charge in [-0.05, 0) is 38.2 Å². The maximum absolute atomic E-state index is 12.9. The SMILES string of the molecule is Cc1ccc(-c2nc(C(=O)N3CCC(C)CC3CN)cs2)c(C)c1.Cl. The maximum Gasteiger partial charge on any atom is 0.273 e. The Bertz CT molecular complexity index is 746. The highest BCUT2D eigenvalue weighted by Gasteiger charge is 2.30. The molecule has 1 aliphatic heterocycles. The van der Waals surface area contributed by atoms with E-state index in [9.17, 15) is 4.79 Å². The number of nitrogens with zero attached hydrogens (tertiary/aromatic N) is 2. The minimum atomic E-state index is 0. The van der Waals surface area contributed by atoms with Crippen molar-refractivity contribution in [3.63, 3.8) is 0 Å². The second kappa shape index (κ2) is 8.30. The van der Waals surface area contributed by atoms with E-state index in [1.54, 1.807) is 0 Å². The third-order valence-electron chi connectivity index (χ3n) is 4.85. The molecular formula is C19H26ClN3OS. The summed E-state index contributed by atoms with van der Waals surface area (Å²) in [7, 11) is 0. The Morgan fingerprint density at radius 2 is 2.16 bits per heavy atom. The molecule has 4 nitrogen and oxygen atoms in total. The Balaban J connectivity index is 0.00000225. The van der Waals surface area contributed by atoms with Crippen LogP contribution in [0.4, 0.5) is 0 Å². The summed E-state index contributed by atoms with van der Waals surface area (Å²) in [6, 6.07) is 6.45. The Hall–Kier alpha value is -1.43. The van der Waals surface area contributed by atoms with Crippen LogP contribution in [0, 0.1) is 19.8 Å². The minimum Gasteiger partial charge on any atom is -0.333 e. The first-order valence-corrected chi connectivity index (χ1v) is 9.41. The molecule has 0 bridgehead atoms. The van der Waals surface area contributed by atoms with Gasteiger partial charge in [0.2, 0.25) is 0 Å². The summed E-state index contributed by atoms with van der Waals surface area (Å²) in [5.74, 6) is 0.647. The number of carbonyl (C=O) groups is 1. The fourth-order valence-electron chi connectivity index (χ4n) is 3.44. The van der Waals surface area contributed by atoms with E-state index in [-0.39, 0.29) is 24.4 Å². The monoisotopic (exact) mass is 379 g/mol. The molecule has 0 spiro atoms. The smallest absolute Gasteiger partial charge is 0.273 e. The van der Waals surface area contributed by atoms with Gasteiger partial charge in [-0.3, -0.25) is 4.79 Å². The molecule has 2 heterocycles. The van der Waals surface area contributed by atoms with Crippen molar-refractivity contribution in [1.29, 1.82) is 0 Å². The molecule has 0 radical (unpaired) electrons. The summed E-state index contributed by atoms with van der Waals surface area (Å²) in [6.45, 7) is 7.69. The normalized spacial score (nSPS) is 20.2. The number of likely N-dealkylation sites (tertiary alicyclic amines) is 1. The summed E-state index contributed by atoms with van der Waals surface area (Å²) in [6.07, 6.45) is 2.02. The molecule has 6 heteroatoms. The van der Waals surface area contributed by atoms with Gasteiger partial charge in [0.25, 0.3) is 5.91 Å². The van der Waals surface area contributed by atoms with Gasteiger partial charge in [-0.15, -0.1) is 23.7 Å². The molecule has 1 saturated heterocycles. The fourth-order valence-corrected chi connectivity index (χ4v) is 4.32. The zero-order valence-electron chi connectivity index (χ0n) is 15.0. The molecule has 0 saturated carbocycles. The summed E-state index contributed by atoms with van der Waals surface area (Å²) in [5, 5.41) is 2.79. The van der Waals surface area contributed by atoms with Gasteiger partial charge in [0, 0.05) is 30.1 Å². The van der Waals surface area contributed by atoms with Gasteiger partial charge in [-0.25, -0.2) is 4.98 Å². The lowest BCUT2D eigenvalue weighted by atomic mass is 9.92. The molecule has 136 valence electrons. The van der Waals surface area contributed by atoms with Crippen LogP contribution in [0.25, 0.3) is 10.6 Å². The number of hydrogen-bond donors (Lipinski definition) is 1. The van der Waals surface area contributed by atoms with Gasteiger partial charge in [0.1, 0.15) is 10.7 Å². The van der Waals surface area contributed by atoms with E-state index in [0.717, 1.165) is 30.0 Å². The van der Waals surface area contributed by atoms with E-state index in [0.29, 0.717) is 18.2 Å². The third-order valence-corrected chi connectivity index (χ3v) is 5.72. The van der Waals surface area contributed by atoms with Crippen molar-refractivity contribution in [3.8, 4) is 10.6 Å². The molecule has 1 aromatic carbocycles. The molecule has 2 aromatic rings. The van der Waals surface area contributed by atoms with Crippen LogP contribution in [-0.4, -0.2) is 34.9 Å². The number of hydrogen-bond acceptors (Lipinski definition) is 4. The number of halogens is 1. The molecule has 2 unspecified atom stereocenters. The van der Waals surface area contributed by atoms with E-state index in [1.807, 2.05) is 10.3 Å². The van der Waals surface area contributed by atoms with Gasteiger partial charge in [0.05, 0.1) is 0 Å². The summed E-state index contributed by atoms with van der Waals surface area (Å²) in [5.41, 5.74) is 9.96. The first-order chi connectivity index (χ1) is 11.5. The number of piperidine rings is 1. The lowest BCUT2D eigenvalue weighted by Crippen LogP contribution is -2.49. The topological polar surface area (TPSA) is 59.2 Å². The number of nitrogens with two attached hydrogens (primary N) is 1. The maximum atomic E-state index is 12.9. The summed E-state index contributed by atoms with van der Waals surface area (Å²) >= 11 is 1.53. The fraction of sp³-hybridized carbons (Fsp3) is 0.474. The zero-order chi connectivity index (χ0) is 17.3. The predicted octanol–water partition coefficient (Wildman–Crippen LogP) is 4.05. The van der Waals surface area contributed by atoms with E-state index in [1.165, 1.54) is 22.5 Å². The highest BCUT2D eigenvalue weighted by atomic mass is 35.5. The van der Waals surface area contributed by atoms with Crippen molar-refractivity contribution in [2.45, 2.75) is 39.7 Å². The van der Waals surface area contributed by atoms with Gasteiger partial charge in [0.15, 0.2) is 0 Å². The number of thiazole rings is 1. The minimum absolute atomic E-state index is 0. The van der Waals surface area contributed by atoms with E-state index < -0.39 is 0 Å². The number of aromatic nitrogens is 1. The number of aryl methyl sites for hydroxylation is 2. The standard InChI is InChI=1S/C19H25N3OS.ClH/c1-12-4-5-16(14(3)8-12)18-21-17(11-24-18)19(23)22-7-6-13(2)9-15(22)10-20;/h4-5,8,11,13,15H,6-7,9-10,20H2,1-3H3;1H. The van der Waals surface area contributed by atoms with Crippen molar-refractivity contribution in [2.24, 2.45) is 11.7 Å². The highest BCUT2D eigenvalue weighted by Crippen LogP contribution is 2.29. The Morgan fingerprint density at radius 3 is 2.84 bits per heavy atom. The highest BCUT2D eigenvalue weighted by molar-refractivity contribution is 7.13. The molecule has 0 aliphatic carbocycles. The van der Waals surface area contributed by atoms with Crippen molar-refractivity contribution >= 4 is 29.7 Å². The molecule has 2 N–H and O–H groups in total. The van der Waals surface area contributed by atoms with Crippen LogP contribution in [0.15, 0.2) is 23.6 Å². The van der Waals surface area contributed by atoms with Crippen LogP contribution in [0.2, 0.25) is 0 Å². The number of carbonyl (C=O) groups excluding carboxylic acids is 1. The van der Waals surface area contributed by atoms with Crippen LogP contribution in [-0.2, 0) is 0 Å².